The lowest BCUT2D eigenvalue weighted by molar-refractivity contribution is 0.0988. The zero-order valence-corrected chi connectivity index (χ0v) is 11.6. The molecule has 0 radical (unpaired) electrons. The van der Waals surface area contributed by atoms with Crippen LogP contribution < -0.4 is 0 Å². The Morgan fingerprint density at radius 1 is 0.947 bits per heavy atom. The van der Waals surface area contributed by atoms with Crippen LogP contribution in [-0.4, -0.2) is 5.78 Å². The molecular weight excluding hydrogens is 232 g/mol. The molecule has 2 rings (SSSR count). The maximum atomic E-state index is 11.6. The molecule has 0 saturated carbocycles. The first-order chi connectivity index (χ1) is 9.24. The molecule has 2 aromatic rings. The van der Waals surface area contributed by atoms with E-state index in [0.717, 1.165) is 18.4 Å². The maximum Gasteiger partial charge on any atom is 0.162 e. The third-order valence-corrected chi connectivity index (χ3v) is 3.33. The SMILES string of the molecule is CCCc1cccc(-c2ccc(C(=O)CC)cc2)c1. The van der Waals surface area contributed by atoms with Crippen LogP contribution in [0.1, 0.15) is 42.6 Å². The number of benzene rings is 2. The van der Waals surface area contributed by atoms with Gasteiger partial charge in [-0.3, -0.25) is 4.79 Å². The van der Waals surface area contributed by atoms with Gasteiger partial charge in [-0.1, -0.05) is 68.8 Å². The van der Waals surface area contributed by atoms with Gasteiger partial charge in [0.15, 0.2) is 5.78 Å². The van der Waals surface area contributed by atoms with Gasteiger partial charge in [0.2, 0.25) is 0 Å². The molecule has 0 bridgehead atoms. The van der Waals surface area contributed by atoms with E-state index >= 15 is 0 Å². The van der Waals surface area contributed by atoms with Gasteiger partial charge in [0.05, 0.1) is 0 Å². The highest BCUT2D eigenvalue weighted by atomic mass is 16.1. The number of carbonyl (C=O) groups excluding carboxylic acids is 1. The van der Waals surface area contributed by atoms with Gasteiger partial charge in [0.25, 0.3) is 0 Å². The lowest BCUT2D eigenvalue weighted by Gasteiger charge is -2.06. The molecule has 0 unspecified atom stereocenters. The molecular formula is C18H20O. The van der Waals surface area contributed by atoms with Crippen molar-refractivity contribution in [2.75, 3.05) is 0 Å². The van der Waals surface area contributed by atoms with E-state index in [1.807, 2.05) is 31.2 Å². The number of hydrogen-bond acceptors (Lipinski definition) is 1. The monoisotopic (exact) mass is 252 g/mol. The van der Waals surface area contributed by atoms with Gasteiger partial charge in [-0.15, -0.1) is 0 Å². The molecule has 0 aliphatic carbocycles. The van der Waals surface area contributed by atoms with E-state index < -0.39 is 0 Å². The van der Waals surface area contributed by atoms with Gasteiger partial charge in [-0.2, -0.15) is 0 Å². The van der Waals surface area contributed by atoms with Gasteiger partial charge in [0.1, 0.15) is 0 Å². The summed E-state index contributed by atoms with van der Waals surface area (Å²) in [4.78, 5) is 11.6. The minimum Gasteiger partial charge on any atom is -0.294 e. The van der Waals surface area contributed by atoms with E-state index in [0.29, 0.717) is 6.42 Å². The molecule has 0 amide bonds. The summed E-state index contributed by atoms with van der Waals surface area (Å²) < 4.78 is 0. The van der Waals surface area contributed by atoms with E-state index in [1.54, 1.807) is 0 Å². The summed E-state index contributed by atoms with van der Waals surface area (Å²) in [6.07, 6.45) is 2.83. The molecule has 0 fully saturated rings. The molecule has 1 nitrogen and oxygen atoms in total. The highest BCUT2D eigenvalue weighted by molar-refractivity contribution is 5.96. The Morgan fingerprint density at radius 3 is 2.32 bits per heavy atom. The Morgan fingerprint density at radius 2 is 1.68 bits per heavy atom. The van der Waals surface area contributed by atoms with Crippen LogP contribution in [0.2, 0.25) is 0 Å². The van der Waals surface area contributed by atoms with Crippen molar-refractivity contribution in [1.29, 1.82) is 0 Å². The lowest BCUT2D eigenvalue weighted by atomic mass is 9.99. The van der Waals surface area contributed by atoms with Gasteiger partial charge in [-0.25, -0.2) is 0 Å². The first-order valence-corrected chi connectivity index (χ1v) is 6.97. The van der Waals surface area contributed by atoms with Crippen molar-refractivity contribution in [2.24, 2.45) is 0 Å². The van der Waals surface area contributed by atoms with Crippen LogP contribution in [0.25, 0.3) is 11.1 Å². The third kappa shape index (κ3) is 3.31. The quantitative estimate of drug-likeness (QED) is 0.692. The molecule has 0 heterocycles. The molecule has 0 aliphatic heterocycles. The predicted octanol–water partition coefficient (Wildman–Crippen LogP) is 4.90. The average Bonchev–Trinajstić information content (AvgIpc) is 2.47. The Bertz CT molecular complexity index is 552. The molecule has 0 atom stereocenters. The van der Waals surface area contributed by atoms with Gasteiger partial charge in [0, 0.05) is 12.0 Å². The van der Waals surface area contributed by atoms with E-state index in [1.165, 1.54) is 16.7 Å². The number of rotatable bonds is 5. The van der Waals surface area contributed by atoms with Crippen LogP contribution in [0.3, 0.4) is 0 Å². The molecule has 0 N–H and O–H groups in total. The molecule has 0 spiro atoms. The van der Waals surface area contributed by atoms with Crippen LogP contribution >= 0.6 is 0 Å². The molecule has 98 valence electrons. The zero-order valence-electron chi connectivity index (χ0n) is 11.6. The summed E-state index contributed by atoms with van der Waals surface area (Å²) in [5.41, 5.74) is 4.57. The molecule has 0 aromatic heterocycles. The van der Waals surface area contributed by atoms with Crippen LogP contribution in [0, 0.1) is 0 Å². The number of aryl methyl sites for hydroxylation is 1. The number of hydrogen-bond donors (Lipinski definition) is 0. The normalized spacial score (nSPS) is 10.4. The smallest absolute Gasteiger partial charge is 0.162 e. The van der Waals surface area contributed by atoms with E-state index in [4.69, 9.17) is 0 Å². The molecule has 2 aromatic carbocycles. The minimum atomic E-state index is 0.200. The Balaban J connectivity index is 2.26. The van der Waals surface area contributed by atoms with E-state index in [2.05, 4.69) is 31.2 Å². The Hall–Kier alpha value is -1.89. The van der Waals surface area contributed by atoms with Crippen molar-refractivity contribution >= 4 is 5.78 Å². The Kier molecular flexibility index (Phi) is 4.51. The molecule has 0 aliphatic rings. The van der Waals surface area contributed by atoms with Crippen molar-refractivity contribution in [3.63, 3.8) is 0 Å². The standard InChI is InChI=1S/C18H20O/c1-3-6-14-7-5-8-17(13-14)15-9-11-16(12-10-15)18(19)4-2/h5,7-13H,3-4,6H2,1-2H3. The summed E-state index contributed by atoms with van der Waals surface area (Å²) in [5, 5.41) is 0. The second-order valence-corrected chi connectivity index (χ2v) is 4.80. The Labute approximate surface area is 115 Å². The fourth-order valence-corrected chi connectivity index (χ4v) is 2.25. The maximum absolute atomic E-state index is 11.6. The summed E-state index contributed by atoms with van der Waals surface area (Å²) in [5.74, 6) is 0.200. The van der Waals surface area contributed by atoms with E-state index in [9.17, 15) is 4.79 Å². The fraction of sp³-hybridized carbons (Fsp3) is 0.278. The van der Waals surface area contributed by atoms with Gasteiger partial charge in [-0.05, 0) is 23.1 Å². The number of ketones is 1. The average molecular weight is 252 g/mol. The number of Topliss-reactive ketones (excluding diaryl/α,β-unsaturated/α-hetero) is 1. The summed E-state index contributed by atoms with van der Waals surface area (Å²) >= 11 is 0. The first-order valence-electron chi connectivity index (χ1n) is 6.97. The highest BCUT2D eigenvalue weighted by Crippen LogP contribution is 2.22. The lowest BCUT2D eigenvalue weighted by Crippen LogP contribution is -1.95. The summed E-state index contributed by atoms with van der Waals surface area (Å²) in [6, 6.07) is 16.5. The highest BCUT2D eigenvalue weighted by Gasteiger charge is 2.04. The first kappa shape index (κ1) is 13.5. The van der Waals surface area contributed by atoms with Crippen molar-refractivity contribution in [1.82, 2.24) is 0 Å². The van der Waals surface area contributed by atoms with Crippen molar-refractivity contribution < 1.29 is 4.79 Å². The van der Waals surface area contributed by atoms with Gasteiger partial charge < -0.3 is 0 Å². The van der Waals surface area contributed by atoms with Crippen LogP contribution in [0.15, 0.2) is 48.5 Å². The van der Waals surface area contributed by atoms with Crippen molar-refractivity contribution in [3.05, 3.63) is 59.7 Å². The van der Waals surface area contributed by atoms with Crippen molar-refractivity contribution in [3.8, 4) is 11.1 Å². The van der Waals surface area contributed by atoms with Gasteiger partial charge >= 0.3 is 0 Å². The molecule has 1 heteroatoms. The third-order valence-electron chi connectivity index (χ3n) is 3.33. The van der Waals surface area contributed by atoms with Crippen molar-refractivity contribution in [2.45, 2.75) is 33.1 Å². The molecule has 0 saturated heterocycles. The zero-order chi connectivity index (χ0) is 13.7. The van der Waals surface area contributed by atoms with E-state index in [-0.39, 0.29) is 5.78 Å². The second-order valence-electron chi connectivity index (χ2n) is 4.80. The second kappa shape index (κ2) is 6.33. The summed E-state index contributed by atoms with van der Waals surface area (Å²) in [6.45, 7) is 4.09. The number of carbonyl (C=O) groups is 1. The van der Waals surface area contributed by atoms with Crippen LogP contribution in [0.4, 0.5) is 0 Å². The largest absolute Gasteiger partial charge is 0.294 e. The summed E-state index contributed by atoms with van der Waals surface area (Å²) in [7, 11) is 0. The topological polar surface area (TPSA) is 17.1 Å². The fourth-order valence-electron chi connectivity index (χ4n) is 2.25. The van der Waals surface area contributed by atoms with Crippen LogP contribution in [0.5, 0.6) is 0 Å². The van der Waals surface area contributed by atoms with Crippen LogP contribution in [-0.2, 0) is 6.42 Å². The molecule has 19 heavy (non-hydrogen) atoms. The predicted molar refractivity (Wildman–Crippen MR) is 80.5 cm³/mol. The minimum absolute atomic E-state index is 0.200.